The highest BCUT2D eigenvalue weighted by molar-refractivity contribution is 7.89. The van der Waals surface area contributed by atoms with Gasteiger partial charge in [-0.15, -0.1) is 13.2 Å². The molecule has 0 aliphatic carbocycles. The van der Waals surface area contributed by atoms with E-state index in [1.165, 1.54) is 52.1 Å². The number of hydrogen-bond acceptors (Lipinski definition) is 6. The Morgan fingerprint density at radius 2 is 1.72 bits per heavy atom. The van der Waals surface area contributed by atoms with Gasteiger partial charge in [0.15, 0.2) is 5.13 Å². The number of aromatic nitrogens is 1. The second-order valence-electron chi connectivity index (χ2n) is 8.30. The molecule has 0 N–H and O–H groups in total. The maximum Gasteiger partial charge on any atom is 0.260 e. The van der Waals surface area contributed by atoms with Crippen LogP contribution in [0.2, 0.25) is 0 Å². The number of furan rings is 1. The number of thiazole rings is 1. The molecule has 186 valence electrons. The van der Waals surface area contributed by atoms with Crippen LogP contribution < -0.4 is 4.90 Å². The molecule has 0 saturated heterocycles. The first-order chi connectivity index (χ1) is 17.2. The molecule has 36 heavy (non-hydrogen) atoms. The van der Waals surface area contributed by atoms with Gasteiger partial charge < -0.3 is 4.42 Å². The molecule has 2 aromatic heterocycles. The molecule has 0 saturated carbocycles. The summed E-state index contributed by atoms with van der Waals surface area (Å²) in [4.78, 5) is 20.0. The molecule has 2 aromatic carbocycles. The normalized spacial score (nSPS) is 11.6. The van der Waals surface area contributed by atoms with E-state index in [0.717, 1.165) is 21.3 Å². The molecule has 0 spiro atoms. The van der Waals surface area contributed by atoms with Gasteiger partial charge in [0, 0.05) is 18.7 Å². The third-order valence-electron chi connectivity index (χ3n) is 5.77. The van der Waals surface area contributed by atoms with E-state index in [1.807, 2.05) is 19.9 Å². The van der Waals surface area contributed by atoms with Crippen molar-refractivity contribution in [1.82, 2.24) is 9.29 Å². The van der Waals surface area contributed by atoms with Crippen molar-refractivity contribution in [3.8, 4) is 0 Å². The lowest BCUT2D eigenvalue weighted by Crippen LogP contribution is -2.32. The van der Waals surface area contributed by atoms with Crippen molar-refractivity contribution in [2.24, 2.45) is 0 Å². The van der Waals surface area contributed by atoms with Gasteiger partial charge in [0.2, 0.25) is 10.0 Å². The number of carbonyl (C=O) groups excluding carboxylic acids is 1. The van der Waals surface area contributed by atoms with Crippen LogP contribution in [0.1, 0.15) is 27.2 Å². The number of nitrogens with zero attached hydrogens (tertiary/aromatic N) is 3. The van der Waals surface area contributed by atoms with E-state index in [0.29, 0.717) is 16.5 Å². The lowest BCUT2D eigenvalue weighted by atomic mass is 10.1. The Kier molecular flexibility index (Phi) is 7.53. The zero-order valence-electron chi connectivity index (χ0n) is 20.2. The SMILES string of the molecule is C=CCN(CC=C)S(=O)(=O)c1ccc(C(=O)N(Cc2ccco2)c2nc3cc(C)c(C)cc3s2)cc1. The van der Waals surface area contributed by atoms with Gasteiger partial charge in [0.05, 0.1) is 27.9 Å². The molecular weight excluding hydrogens is 494 g/mol. The summed E-state index contributed by atoms with van der Waals surface area (Å²) in [6.45, 7) is 11.8. The monoisotopic (exact) mass is 521 g/mol. The predicted octanol–water partition coefficient (Wildman–Crippen LogP) is 5.72. The van der Waals surface area contributed by atoms with Crippen LogP contribution in [0.4, 0.5) is 5.13 Å². The van der Waals surface area contributed by atoms with Crippen LogP contribution in [0.3, 0.4) is 0 Å². The summed E-state index contributed by atoms with van der Waals surface area (Å²) in [6.07, 6.45) is 4.60. The van der Waals surface area contributed by atoms with E-state index in [-0.39, 0.29) is 30.4 Å². The van der Waals surface area contributed by atoms with Crippen LogP contribution in [0.25, 0.3) is 10.2 Å². The number of aryl methyl sites for hydroxylation is 2. The summed E-state index contributed by atoms with van der Waals surface area (Å²) in [5.74, 6) is 0.301. The largest absolute Gasteiger partial charge is 0.467 e. The molecule has 4 rings (SSSR count). The van der Waals surface area contributed by atoms with Crippen molar-refractivity contribution in [3.05, 3.63) is 103 Å². The van der Waals surface area contributed by atoms with Crippen LogP contribution in [0, 0.1) is 13.8 Å². The topological polar surface area (TPSA) is 83.7 Å². The zero-order chi connectivity index (χ0) is 25.9. The lowest BCUT2D eigenvalue weighted by Gasteiger charge is -2.20. The second kappa shape index (κ2) is 10.6. The minimum absolute atomic E-state index is 0.0891. The molecular formula is C27H27N3O4S2. The number of benzene rings is 2. The van der Waals surface area contributed by atoms with E-state index in [9.17, 15) is 13.2 Å². The summed E-state index contributed by atoms with van der Waals surface area (Å²) >= 11 is 1.43. The fourth-order valence-corrected chi connectivity index (χ4v) is 6.13. The molecule has 0 aliphatic rings. The summed E-state index contributed by atoms with van der Waals surface area (Å²) in [6, 6.07) is 13.6. The number of amides is 1. The van der Waals surface area contributed by atoms with Crippen molar-refractivity contribution in [3.63, 3.8) is 0 Å². The van der Waals surface area contributed by atoms with E-state index in [1.54, 1.807) is 23.3 Å². The highest BCUT2D eigenvalue weighted by Gasteiger charge is 2.26. The summed E-state index contributed by atoms with van der Waals surface area (Å²) in [5, 5.41) is 0.538. The molecule has 9 heteroatoms. The van der Waals surface area contributed by atoms with Crippen molar-refractivity contribution >= 4 is 42.6 Å². The highest BCUT2D eigenvalue weighted by atomic mass is 32.2. The second-order valence-corrected chi connectivity index (χ2v) is 11.2. The van der Waals surface area contributed by atoms with Crippen molar-refractivity contribution in [2.75, 3.05) is 18.0 Å². The molecule has 0 bridgehead atoms. The number of fused-ring (bicyclic) bond motifs is 1. The molecule has 4 aromatic rings. The molecule has 1 amide bonds. The Morgan fingerprint density at radius 1 is 1.06 bits per heavy atom. The van der Waals surface area contributed by atoms with Gasteiger partial charge in [-0.3, -0.25) is 9.69 Å². The lowest BCUT2D eigenvalue weighted by molar-refractivity contribution is 0.0983. The highest BCUT2D eigenvalue weighted by Crippen LogP contribution is 2.32. The maximum absolute atomic E-state index is 13.6. The Morgan fingerprint density at radius 3 is 2.33 bits per heavy atom. The Balaban J connectivity index is 1.69. The van der Waals surface area contributed by atoms with Gasteiger partial charge in [-0.2, -0.15) is 4.31 Å². The van der Waals surface area contributed by atoms with Crippen LogP contribution in [-0.4, -0.2) is 36.7 Å². The minimum atomic E-state index is -3.77. The molecule has 0 atom stereocenters. The van der Waals surface area contributed by atoms with Crippen molar-refractivity contribution in [1.29, 1.82) is 0 Å². The first-order valence-electron chi connectivity index (χ1n) is 11.3. The number of sulfonamides is 1. The Labute approximate surface area is 215 Å². The quantitative estimate of drug-likeness (QED) is 0.249. The summed E-state index contributed by atoms with van der Waals surface area (Å²) < 4.78 is 33.8. The van der Waals surface area contributed by atoms with Crippen LogP contribution in [-0.2, 0) is 16.6 Å². The average Bonchev–Trinajstić information content (AvgIpc) is 3.52. The van der Waals surface area contributed by atoms with Gasteiger partial charge >= 0.3 is 0 Å². The maximum atomic E-state index is 13.6. The average molecular weight is 522 g/mol. The Hall–Kier alpha value is -3.53. The fraction of sp³-hybridized carbons (Fsp3) is 0.185. The van der Waals surface area contributed by atoms with Gasteiger partial charge in [-0.1, -0.05) is 23.5 Å². The van der Waals surface area contributed by atoms with Crippen molar-refractivity contribution < 1.29 is 17.6 Å². The number of carbonyl (C=O) groups is 1. The number of rotatable bonds is 10. The summed E-state index contributed by atoms with van der Waals surface area (Å²) in [5.41, 5.74) is 3.44. The van der Waals surface area contributed by atoms with E-state index >= 15 is 0 Å². The third-order valence-corrected chi connectivity index (χ3v) is 8.65. The van der Waals surface area contributed by atoms with Crippen molar-refractivity contribution in [2.45, 2.75) is 25.3 Å². The van der Waals surface area contributed by atoms with Crippen LogP contribution >= 0.6 is 11.3 Å². The van der Waals surface area contributed by atoms with Gasteiger partial charge in [0.1, 0.15) is 5.76 Å². The summed E-state index contributed by atoms with van der Waals surface area (Å²) in [7, 11) is -3.77. The number of anilines is 1. The first-order valence-corrected chi connectivity index (χ1v) is 13.5. The van der Waals surface area contributed by atoms with Crippen LogP contribution in [0.15, 0.2) is 89.4 Å². The predicted molar refractivity (Wildman–Crippen MR) is 144 cm³/mol. The molecule has 0 aliphatic heterocycles. The smallest absolute Gasteiger partial charge is 0.260 e. The van der Waals surface area contributed by atoms with Gasteiger partial charge in [-0.25, -0.2) is 13.4 Å². The van der Waals surface area contributed by atoms with Gasteiger partial charge in [-0.05, 0) is 73.5 Å². The van der Waals surface area contributed by atoms with E-state index < -0.39 is 10.0 Å². The van der Waals surface area contributed by atoms with Crippen LogP contribution in [0.5, 0.6) is 0 Å². The standard InChI is InChI=1S/C27H27N3O4S2/c1-5-13-29(14-6-2)36(32,33)23-11-9-21(10-12-23)26(31)30(18-22-8-7-15-34-22)27-28-24-16-19(3)20(4)17-25(24)35-27/h5-12,15-17H,1-2,13-14,18H2,3-4H3. The fourth-order valence-electron chi connectivity index (χ4n) is 3.70. The Bertz CT molecular complexity index is 1460. The first kappa shape index (κ1) is 25.6. The molecule has 0 fully saturated rings. The van der Waals surface area contributed by atoms with E-state index in [4.69, 9.17) is 9.40 Å². The van der Waals surface area contributed by atoms with E-state index in [2.05, 4.69) is 19.2 Å². The van der Waals surface area contributed by atoms with Gasteiger partial charge in [0.25, 0.3) is 5.91 Å². The third kappa shape index (κ3) is 5.18. The molecule has 0 radical (unpaired) electrons. The minimum Gasteiger partial charge on any atom is -0.467 e. The zero-order valence-corrected chi connectivity index (χ0v) is 21.8. The molecule has 7 nitrogen and oxygen atoms in total. The number of hydrogen-bond donors (Lipinski definition) is 0. The molecule has 2 heterocycles. The molecule has 0 unspecified atom stereocenters.